The molecule has 0 atom stereocenters. The number of hydrogen-bond acceptors (Lipinski definition) is 3. The number of aryl methyl sites for hydroxylation is 3. The molecule has 0 aliphatic rings. The van der Waals surface area contributed by atoms with Crippen molar-refractivity contribution in [3.63, 3.8) is 0 Å². The molecule has 1 aromatic heterocycles. The lowest BCUT2D eigenvalue weighted by atomic mass is 9.96. The summed E-state index contributed by atoms with van der Waals surface area (Å²) in [6, 6.07) is 7.03. The Hall–Kier alpha value is -2.56. The van der Waals surface area contributed by atoms with Crippen LogP contribution in [0.4, 0.5) is 0 Å². The molecule has 5 nitrogen and oxygen atoms in total. The van der Waals surface area contributed by atoms with Gasteiger partial charge in [0.25, 0.3) is 5.91 Å². The van der Waals surface area contributed by atoms with Crippen molar-refractivity contribution in [3.8, 4) is 0 Å². The molecule has 5 heteroatoms. The van der Waals surface area contributed by atoms with Crippen LogP contribution in [0.5, 0.6) is 0 Å². The molecule has 21 heavy (non-hydrogen) atoms. The van der Waals surface area contributed by atoms with E-state index in [0.717, 1.165) is 5.76 Å². The third-order valence-electron chi connectivity index (χ3n) is 3.28. The van der Waals surface area contributed by atoms with Gasteiger partial charge in [0, 0.05) is 0 Å². The molecule has 1 aromatic carbocycles. The maximum absolute atomic E-state index is 12.3. The number of carbonyl (C=O) groups excluding carboxylic acids is 1. The van der Waals surface area contributed by atoms with E-state index in [-0.39, 0.29) is 17.7 Å². The van der Waals surface area contributed by atoms with E-state index in [2.05, 4.69) is 5.32 Å². The fraction of sp³-hybridized carbons (Fsp3) is 0.250. The highest BCUT2D eigenvalue weighted by Gasteiger charge is 2.21. The third-order valence-corrected chi connectivity index (χ3v) is 3.28. The summed E-state index contributed by atoms with van der Waals surface area (Å²) in [4.78, 5) is 23.7. The van der Waals surface area contributed by atoms with Crippen molar-refractivity contribution in [3.05, 3.63) is 58.0 Å². The Kier molecular flexibility index (Phi) is 4.12. The molecule has 110 valence electrons. The van der Waals surface area contributed by atoms with Crippen molar-refractivity contribution < 1.29 is 19.1 Å². The van der Waals surface area contributed by atoms with Gasteiger partial charge in [-0.3, -0.25) is 4.79 Å². The highest BCUT2D eigenvalue weighted by Crippen LogP contribution is 2.19. The van der Waals surface area contributed by atoms with E-state index in [1.807, 2.05) is 13.0 Å². The van der Waals surface area contributed by atoms with E-state index in [4.69, 9.17) is 4.42 Å². The van der Waals surface area contributed by atoms with Crippen LogP contribution in [0.1, 0.15) is 43.4 Å². The van der Waals surface area contributed by atoms with Gasteiger partial charge in [-0.25, -0.2) is 4.79 Å². The zero-order chi connectivity index (χ0) is 15.6. The van der Waals surface area contributed by atoms with Crippen molar-refractivity contribution in [1.29, 1.82) is 0 Å². The van der Waals surface area contributed by atoms with Gasteiger partial charge in [0.05, 0.1) is 17.7 Å². The number of furan rings is 1. The highest BCUT2D eigenvalue weighted by atomic mass is 16.4. The van der Waals surface area contributed by atoms with Gasteiger partial charge in [-0.15, -0.1) is 0 Å². The lowest BCUT2D eigenvalue weighted by Crippen LogP contribution is -2.26. The summed E-state index contributed by atoms with van der Waals surface area (Å²) in [7, 11) is 0. The topological polar surface area (TPSA) is 79.5 Å². The zero-order valence-corrected chi connectivity index (χ0v) is 12.2. The molecule has 0 saturated carbocycles. The minimum atomic E-state index is -1.10. The number of nitrogens with one attached hydrogen (secondary N) is 1. The first-order chi connectivity index (χ1) is 9.90. The molecule has 0 bridgehead atoms. The van der Waals surface area contributed by atoms with Gasteiger partial charge in [0.1, 0.15) is 11.5 Å². The fourth-order valence-electron chi connectivity index (χ4n) is 2.22. The summed E-state index contributed by atoms with van der Waals surface area (Å²) in [6.45, 7) is 5.44. The van der Waals surface area contributed by atoms with Gasteiger partial charge in [-0.05, 0) is 44.0 Å². The summed E-state index contributed by atoms with van der Waals surface area (Å²) >= 11 is 0. The third kappa shape index (κ3) is 3.13. The lowest BCUT2D eigenvalue weighted by molar-refractivity contribution is 0.0690. The van der Waals surface area contributed by atoms with Crippen molar-refractivity contribution in [2.45, 2.75) is 27.3 Å². The van der Waals surface area contributed by atoms with Crippen molar-refractivity contribution >= 4 is 11.9 Å². The number of benzene rings is 1. The average Bonchev–Trinajstić information content (AvgIpc) is 2.83. The van der Waals surface area contributed by atoms with E-state index < -0.39 is 11.9 Å². The number of hydrogen-bond donors (Lipinski definition) is 2. The standard InChI is InChI=1S/C16H17NO4/c1-9-4-5-10(2)14(16(19)20)13(9)15(18)17-8-12-7-6-11(3)21-12/h4-7H,8H2,1-3H3,(H,17,18)(H,19,20). The first-order valence-electron chi connectivity index (χ1n) is 6.57. The summed E-state index contributed by atoms with van der Waals surface area (Å²) in [6.07, 6.45) is 0. The molecule has 1 heterocycles. The Labute approximate surface area is 122 Å². The molecular weight excluding hydrogens is 270 g/mol. The molecule has 0 radical (unpaired) electrons. The number of amides is 1. The number of carbonyl (C=O) groups is 2. The normalized spacial score (nSPS) is 10.4. The highest BCUT2D eigenvalue weighted by molar-refractivity contribution is 6.06. The molecule has 0 aliphatic carbocycles. The van der Waals surface area contributed by atoms with E-state index in [0.29, 0.717) is 16.9 Å². The molecule has 2 aromatic rings. The first-order valence-corrected chi connectivity index (χ1v) is 6.57. The molecule has 0 aliphatic heterocycles. The predicted octanol–water partition coefficient (Wildman–Crippen LogP) is 2.83. The lowest BCUT2D eigenvalue weighted by Gasteiger charge is -2.12. The largest absolute Gasteiger partial charge is 0.478 e. The predicted molar refractivity (Wildman–Crippen MR) is 77.5 cm³/mol. The summed E-state index contributed by atoms with van der Waals surface area (Å²) < 4.78 is 5.37. The second kappa shape index (κ2) is 5.83. The van der Waals surface area contributed by atoms with Gasteiger partial charge in [0.2, 0.25) is 0 Å². The van der Waals surface area contributed by atoms with Gasteiger partial charge in [-0.2, -0.15) is 0 Å². The van der Waals surface area contributed by atoms with Crippen molar-refractivity contribution in [2.75, 3.05) is 0 Å². The summed E-state index contributed by atoms with van der Waals surface area (Å²) in [5.74, 6) is -0.127. The Balaban J connectivity index is 2.26. The van der Waals surface area contributed by atoms with Gasteiger partial charge < -0.3 is 14.8 Å². The van der Waals surface area contributed by atoms with Crippen LogP contribution in [-0.4, -0.2) is 17.0 Å². The molecule has 0 fully saturated rings. The Morgan fingerprint density at radius 3 is 2.19 bits per heavy atom. The Bertz CT molecular complexity index is 700. The maximum Gasteiger partial charge on any atom is 0.336 e. The smallest absolute Gasteiger partial charge is 0.336 e. The average molecular weight is 287 g/mol. The van der Waals surface area contributed by atoms with E-state index >= 15 is 0 Å². The van der Waals surface area contributed by atoms with Gasteiger partial charge >= 0.3 is 5.97 Å². The summed E-state index contributed by atoms with van der Waals surface area (Å²) in [5, 5.41) is 12.0. The van der Waals surface area contributed by atoms with E-state index in [9.17, 15) is 14.7 Å². The second-order valence-corrected chi connectivity index (χ2v) is 4.95. The van der Waals surface area contributed by atoms with Crippen molar-refractivity contribution in [2.24, 2.45) is 0 Å². The number of rotatable bonds is 4. The van der Waals surface area contributed by atoms with E-state index in [1.165, 1.54) is 0 Å². The molecule has 0 spiro atoms. The number of carboxylic acids is 1. The van der Waals surface area contributed by atoms with Crippen LogP contribution in [0, 0.1) is 20.8 Å². The van der Waals surface area contributed by atoms with Crippen LogP contribution >= 0.6 is 0 Å². The van der Waals surface area contributed by atoms with Crippen LogP contribution < -0.4 is 5.32 Å². The molecule has 0 saturated heterocycles. The van der Waals surface area contributed by atoms with Crippen LogP contribution in [-0.2, 0) is 6.54 Å². The monoisotopic (exact) mass is 287 g/mol. The van der Waals surface area contributed by atoms with Gasteiger partial charge in [0.15, 0.2) is 0 Å². The zero-order valence-electron chi connectivity index (χ0n) is 12.2. The molecular formula is C16H17NO4. The minimum absolute atomic E-state index is 0.0446. The van der Waals surface area contributed by atoms with Crippen LogP contribution in [0.25, 0.3) is 0 Å². The van der Waals surface area contributed by atoms with E-state index in [1.54, 1.807) is 32.0 Å². The maximum atomic E-state index is 12.3. The van der Waals surface area contributed by atoms with Gasteiger partial charge in [-0.1, -0.05) is 12.1 Å². The number of carboxylic acid groups (broad SMARTS) is 1. The fourth-order valence-corrected chi connectivity index (χ4v) is 2.22. The SMILES string of the molecule is Cc1ccc(CNC(=O)c2c(C)ccc(C)c2C(=O)O)o1. The van der Waals surface area contributed by atoms with Crippen LogP contribution in [0.2, 0.25) is 0 Å². The molecule has 0 unspecified atom stereocenters. The van der Waals surface area contributed by atoms with Crippen LogP contribution in [0.3, 0.4) is 0 Å². The van der Waals surface area contributed by atoms with Crippen LogP contribution in [0.15, 0.2) is 28.7 Å². The van der Waals surface area contributed by atoms with Crippen molar-refractivity contribution in [1.82, 2.24) is 5.32 Å². The minimum Gasteiger partial charge on any atom is -0.478 e. The molecule has 2 rings (SSSR count). The summed E-state index contributed by atoms with van der Waals surface area (Å²) in [5.41, 5.74) is 1.44. The quantitative estimate of drug-likeness (QED) is 0.906. The second-order valence-electron chi connectivity index (χ2n) is 4.95. The first kappa shape index (κ1) is 14.8. The Morgan fingerprint density at radius 2 is 1.67 bits per heavy atom. The molecule has 2 N–H and O–H groups in total. The molecule has 1 amide bonds. The Morgan fingerprint density at radius 1 is 1.05 bits per heavy atom. The number of aromatic carboxylic acids is 1.